The van der Waals surface area contributed by atoms with Gasteiger partial charge in [0.05, 0.1) is 0 Å². The Balaban J connectivity index is 1.09. The standard InChI is InChI=1S/C55H35N3/c1-3-12-36(13-4-1)40-25-26-43-33-44(29-27-42(43)32-40)53-56-54(45-28-23-38-22-24-41(34-46(38)35-45)37-14-5-2-6-15-37)58-55(57-53)52-31-30-51(49-19-9-10-20-50(49)52)48-21-11-17-39-16-7-8-18-47(39)48/h1-35H. The molecule has 0 saturated carbocycles. The molecule has 270 valence electrons. The van der Waals surface area contributed by atoms with E-state index in [1.165, 1.54) is 49.5 Å². The highest BCUT2D eigenvalue weighted by molar-refractivity contribution is 6.09. The van der Waals surface area contributed by atoms with Gasteiger partial charge in [0.15, 0.2) is 17.5 Å². The van der Waals surface area contributed by atoms with Crippen molar-refractivity contribution in [3.63, 3.8) is 0 Å². The molecule has 58 heavy (non-hydrogen) atoms. The maximum absolute atomic E-state index is 5.27. The lowest BCUT2D eigenvalue weighted by Crippen LogP contribution is -2.01. The minimum absolute atomic E-state index is 0.633. The van der Waals surface area contributed by atoms with Gasteiger partial charge in [-0.2, -0.15) is 0 Å². The van der Waals surface area contributed by atoms with Crippen molar-refractivity contribution in [1.29, 1.82) is 0 Å². The third kappa shape index (κ3) is 6.07. The lowest BCUT2D eigenvalue weighted by atomic mass is 9.92. The highest BCUT2D eigenvalue weighted by Crippen LogP contribution is 2.39. The van der Waals surface area contributed by atoms with Crippen molar-refractivity contribution in [3.8, 4) is 67.5 Å². The number of hydrogen-bond donors (Lipinski definition) is 0. The molecule has 0 amide bonds. The summed E-state index contributed by atoms with van der Waals surface area (Å²) in [6.07, 6.45) is 0. The number of nitrogens with zero attached hydrogens (tertiary/aromatic N) is 3. The summed E-state index contributed by atoms with van der Waals surface area (Å²) in [4.78, 5) is 15.8. The van der Waals surface area contributed by atoms with Crippen LogP contribution in [0.1, 0.15) is 0 Å². The Morgan fingerprint density at radius 2 is 0.638 bits per heavy atom. The van der Waals surface area contributed by atoms with Crippen LogP contribution in [0.5, 0.6) is 0 Å². The van der Waals surface area contributed by atoms with Gasteiger partial charge in [-0.3, -0.25) is 0 Å². The SMILES string of the molecule is c1ccc(-c2ccc3cc(-c4nc(-c5ccc6ccc(-c7ccccc7)cc6c5)nc(-c5ccc(-c6cccc7ccccc67)c6ccccc56)n4)ccc3c2)cc1. The summed E-state index contributed by atoms with van der Waals surface area (Å²) in [5.74, 6) is 1.90. The highest BCUT2D eigenvalue weighted by atomic mass is 15.0. The second kappa shape index (κ2) is 14.1. The van der Waals surface area contributed by atoms with Gasteiger partial charge in [-0.05, 0) is 107 Å². The Morgan fingerprint density at radius 1 is 0.207 bits per heavy atom. The van der Waals surface area contributed by atoms with E-state index < -0.39 is 0 Å². The van der Waals surface area contributed by atoms with Gasteiger partial charge >= 0.3 is 0 Å². The highest BCUT2D eigenvalue weighted by Gasteiger charge is 2.18. The van der Waals surface area contributed by atoms with Crippen molar-refractivity contribution in [3.05, 3.63) is 212 Å². The Morgan fingerprint density at radius 3 is 1.29 bits per heavy atom. The van der Waals surface area contributed by atoms with E-state index in [9.17, 15) is 0 Å². The molecule has 0 saturated heterocycles. The molecule has 11 rings (SSSR count). The Kier molecular flexibility index (Phi) is 8.15. The molecule has 0 unspecified atom stereocenters. The van der Waals surface area contributed by atoms with Crippen LogP contribution in [0.15, 0.2) is 212 Å². The fraction of sp³-hybridized carbons (Fsp3) is 0. The first-order valence-corrected chi connectivity index (χ1v) is 19.7. The molecule has 3 nitrogen and oxygen atoms in total. The first-order valence-electron chi connectivity index (χ1n) is 19.7. The molecule has 1 heterocycles. The van der Waals surface area contributed by atoms with Crippen LogP contribution < -0.4 is 0 Å². The van der Waals surface area contributed by atoms with Crippen molar-refractivity contribution >= 4 is 43.1 Å². The molecule has 0 spiro atoms. The quantitative estimate of drug-likeness (QED) is 0.171. The van der Waals surface area contributed by atoms with E-state index in [-0.39, 0.29) is 0 Å². The summed E-state index contributed by atoms with van der Waals surface area (Å²) in [5.41, 5.74) is 9.97. The smallest absolute Gasteiger partial charge is 0.164 e. The van der Waals surface area contributed by atoms with Crippen LogP contribution in [-0.2, 0) is 0 Å². The third-order valence-electron chi connectivity index (χ3n) is 11.3. The van der Waals surface area contributed by atoms with Crippen LogP contribution in [0.3, 0.4) is 0 Å². The molecule has 0 fully saturated rings. The zero-order valence-corrected chi connectivity index (χ0v) is 31.5. The fourth-order valence-corrected chi connectivity index (χ4v) is 8.33. The van der Waals surface area contributed by atoms with Gasteiger partial charge in [0.25, 0.3) is 0 Å². The summed E-state index contributed by atoms with van der Waals surface area (Å²) < 4.78 is 0. The van der Waals surface area contributed by atoms with Crippen molar-refractivity contribution in [2.75, 3.05) is 0 Å². The molecule has 3 heteroatoms. The number of rotatable bonds is 6. The van der Waals surface area contributed by atoms with E-state index in [2.05, 4.69) is 212 Å². The van der Waals surface area contributed by atoms with E-state index in [4.69, 9.17) is 15.0 Å². The van der Waals surface area contributed by atoms with E-state index >= 15 is 0 Å². The van der Waals surface area contributed by atoms with Crippen molar-refractivity contribution in [2.24, 2.45) is 0 Å². The lowest BCUT2D eigenvalue weighted by Gasteiger charge is -2.14. The van der Waals surface area contributed by atoms with Crippen molar-refractivity contribution in [2.45, 2.75) is 0 Å². The number of aromatic nitrogens is 3. The molecule has 11 aromatic rings. The molecule has 1 aromatic heterocycles. The van der Waals surface area contributed by atoms with E-state index in [0.29, 0.717) is 17.5 Å². The summed E-state index contributed by atoms with van der Waals surface area (Å²) >= 11 is 0. The van der Waals surface area contributed by atoms with E-state index in [1.807, 2.05) is 0 Å². The minimum atomic E-state index is 0.633. The van der Waals surface area contributed by atoms with Crippen LogP contribution >= 0.6 is 0 Å². The van der Waals surface area contributed by atoms with Gasteiger partial charge in [0.2, 0.25) is 0 Å². The molecular weight excluding hydrogens is 703 g/mol. The topological polar surface area (TPSA) is 38.7 Å². The lowest BCUT2D eigenvalue weighted by molar-refractivity contribution is 1.08. The zero-order valence-electron chi connectivity index (χ0n) is 31.5. The van der Waals surface area contributed by atoms with E-state index in [1.54, 1.807) is 0 Å². The summed E-state index contributed by atoms with van der Waals surface area (Å²) in [5, 5.41) is 9.28. The Bertz CT molecular complexity index is 3330. The second-order valence-corrected chi connectivity index (χ2v) is 14.8. The third-order valence-corrected chi connectivity index (χ3v) is 11.3. The summed E-state index contributed by atoms with van der Waals surface area (Å²) in [6.45, 7) is 0. The van der Waals surface area contributed by atoms with Crippen molar-refractivity contribution in [1.82, 2.24) is 15.0 Å². The maximum atomic E-state index is 5.27. The molecule has 0 aliphatic heterocycles. The summed E-state index contributed by atoms with van der Waals surface area (Å²) in [6, 6.07) is 75.4. The zero-order chi connectivity index (χ0) is 38.4. The molecular formula is C55H35N3. The van der Waals surface area contributed by atoms with Gasteiger partial charge in [-0.1, -0.05) is 182 Å². The van der Waals surface area contributed by atoms with Crippen LogP contribution in [-0.4, -0.2) is 15.0 Å². The minimum Gasteiger partial charge on any atom is -0.208 e. The Hall–Kier alpha value is -7.75. The van der Waals surface area contributed by atoms with Gasteiger partial charge in [0, 0.05) is 16.7 Å². The molecule has 0 atom stereocenters. The predicted molar refractivity (Wildman–Crippen MR) is 242 cm³/mol. The molecule has 0 bridgehead atoms. The van der Waals surface area contributed by atoms with Crippen molar-refractivity contribution < 1.29 is 0 Å². The molecule has 0 N–H and O–H groups in total. The fourth-order valence-electron chi connectivity index (χ4n) is 8.33. The molecule has 0 aliphatic carbocycles. The van der Waals surface area contributed by atoms with Crippen LogP contribution in [0.4, 0.5) is 0 Å². The maximum Gasteiger partial charge on any atom is 0.164 e. The molecule has 10 aromatic carbocycles. The number of fused-ring (bicyclic) bond motifs is 4. The van der Waals surface area contributed by atoms with Crippen LogP contribution in [0, 0.1) is 0 Å². The second-order valence-electron chi connectivity index (χ2n) is 14.8. The first kappa shape index (κ1) is 33.6. The molecule has 0 aliphatic rings. The number of benzene rings is 10. The average Bonchev–Trinajstić information content (AvgIpc) is 3.30. The largest absolute Gasteiger partial charge is 0.208 e. The van der Waals surface area contributed by atoms with Crippen LogP contribution in [0.2, 0.25) is 0 Å². The average molecular weight is 738 g/mol. The van der Waals surface area contributed by atoms with Gasteiger partial charge < -0.3 is 0 Å². The van der Waals surface area contributed by atoms with E-state index in [0.717, 1.165) is 43.6 Å². The monoisotopic (exact) mass is 737 g/mol. The predicted octanol–water partition coefficient (Wildman–Crippen LogP) is 14.5. The summed E-state index contributed by atoms with van der Waals surface area (Å²) in [7, 11) is 0. The normalized spacial score (nSPS) is 11.4. The van der Waals surface area contributed by atoms with Gasteiger partial charge in [-0.15, -0.1) is 0 Å². The first-order chi connectivity index (χ1) is 28.7. The van der Waals surface area contributed by atoms with Gasteiger partial charge in [0.1, 0.15) is 0 Å². The Labute approximate surface area is 336 Å². The molecule has 0 radical (unpaired) electrons. The van der Waals surface area contributed by atoms with Gasteiger partial charge in [-0.25, -0.2) is 15.0 Å². The number of hydrogen-bond acceptors (Lipinski definition) is 3. The van der Waals surface area contributed by atoms with Crippen LogP contribution in [0.25, 0.3) is 111 Å².